The summed E-state index contributed by atoms with van der Waals surface area (Å²) < 4.78 is 0. The molecule has 4 nitrogen and oxygen atoms in total. The van der Waals surface area contributed by atoms with Gasteiger partial charge in [0.15, 0.2) is 0 Å². The van der Waals surface area contributed by atoms with E-state index >= 15 is 0 Å². The molecule has 3 rings (SSSR count). The molecule has 1 spiro atoms. The van der Waals surface area contributed by atoms with Gasteiger partial charge in [0.2, 0.25) is 5.91 Å². The second kappa shape index (κ2) is 7.02. The maximum Gasteiger partial charge on any atom is 0.234 e. The van der Waals surface area contributed by atoms with Crippen LogP contribution in [0.1, 0.15) is 30.4 Å². The van der Waals surface area contributed by atoms with Crippen LogP contribution < -0.4 is 5.32 Å². The van der Waals surface area contributed by atoms with Crippen LogP contribution in [-0.2, 0) is 11.3 Å². The molecule has 0 bridgehead atoms. The van der Waals surface area contributed by atoms with Crippen LogP contribution in [0.15, 0.2) is 24.3 Å². The third kappa shape index (κ3) is 4.33. The highest BCUT2D eigenvalue weighted by Gasteiger charge is 2.40. The molecule has 0 saturated carbocycles. The number of aryl methyl sites for hydroxylation is 1. The number of benzene rings is 1. The number of hydrogen-bond donors (Lipinski definition) is 1. The van der Waals surface area contributed by atoms with Crippen molar-refractivity contribution in [3.63, 3.8) is 0 Å². The van der Waals surface area contributed by atoms with Crippen molar-refractivity contribution in [2.45, 2.75) is 32.7 Å². The summed E-state index contributed by atoms with van der Waals surface area (Å²) in [5.74, 6) is 0.148. The minimum absolute atomic E-state index is 0.148. The lowest BCUT2D eigenvalue weighted by Gasteiger charge is -2.40. The largest absolute Gasteiger partial charge is 0.351 e. The molecule has 0 aromatic heterocycles. The maximum absolute atomic E-state index is 12.3. The fourth-order valence-electron chi connectivity index (χ4n) is 4.22. The van der Waals surface area contributed by atoms with Gasteiger partial charge in [-0.2, -0.15) is 0 Å². The number of rotatable bonds is 4. The van der Waals surface area contributed by atoms with Crippen molar-refractivity contribution in [2.24, 2.45) is 5.41 Å². The summed E-state index contributed by atoms with van der Waals surface area (Å²) in [4.78, 5) is 17.1. The van der Waals surface area contributed by atoms with E-state index in [-0.39, 0.29) is 5.91 Å². The topological polar surface area (TPSA) is 35.6 Å². The number of carbonyl (C=O) groups excluding carboxylic acids is 1. The van der Waals surface area contributed by atoms with E-state index in [1.165, 1.54) is 43.5 Å². The van der Waals surface area contributed by atoms with Gasteiger partial charge in [0.25, 0.3) is 0 Å². The Balaban J connectivity index is 1.48. The first-order valence-electron chi connectivity index (χ1n) is 8.78. The van der Waals surface area contributed by atoms with Crippen LogP contribution in [-0.4, -0.2) is 55.5 Å². The molecule has 0 unspecified atom stereocenters. The molecule has 0 aliphatic carbocycles. The molecule has 1 atom stereocenters. The van der Waals surface area contributed by atoms with Crippen molar-refractivity contribution in [1.82, 2.24) is 15.1 Å². The molecule has 4 heteroatoms. The third-order valence-corrected chi connectivity index (χ3v) is 5.31. The van der Waals surface area contributed by atoms with Gasteiger partial charge in [-0.05, 0) is 57.3 Å². The monoisotopic (exact) mass is 315 g/mol. The van der Waals surface area contributed by atoms with E-state index in [9.17, 15) is 4.79 Å². The van der Waals surface area contributed by atoms with E-state index in [1.807, 2.05) is 6.07 Å². The quantitative estimate of drug-likeness (QED) is 0.923. The zero-order chi connectivity index (χ0) is 16.3. The van der Waals surface area contributed by atoms with E-state index in [2.05, 4.69) is 47.3 Å². The second-order valence-electron chi connectivity index (χ2n) is 7.57. The van der Waals surface area contributed by atoms with E-state index in [1.54, 1.807) is 0 Å². The summed E-state index contributed by atoms with van der Waals surface area (Å²) in [6, 6.07) is 8.32. The van der Waals surface area contributed by atoms with E-state index in [4.69, 9.17) is 0 Å². The Morgan fingerprint density at radius 1 is 1.26 bits per heavy atom. The van der Waals surface area contributed by atoms with Gasteiger partial charge in [-0.3, -0.25) is 9.69 Å². The van der Waals surface area contributed by atoms with Gasteiger partial charge in [0.1, 0.15) is 0 Å². The number of nitrogens with one attached hydrogen (secondary N) is 1. The van der Waals surface area contributed by atoms with Crippen molar-refractivity contribution >= 4 is 5.91 Å². The lowest BCUT2D eigenvalue weighted by Crippen LogP contribution is -2.48. The van der Waals surface area contributed by atoms with Crippen LogP contribution >= 0.6 is 0 Å². The minimum atomic E-state index is 0.148. The lowest BCUT2D eigenvalue weighted by atomic mass is 9.79. The van der Waals surface area contributed by atoms with Gasteiger partial charge in [-0.1, -0.05) is 29.8 Å². The predicted octanol–water partition coefficient (Wildman–Crippen LogP) is 2.03. The number of amides is 1. The summed E-state index contributed by atoms with van der Waals surface area (Å²) in [5, 5.41) is 3.07. The van der Waals surface area contributed by atoms with Crippen LogP contribution in [0.5, 0.6) is 0 Å². The maximum atomic E-state index is 12.3. The van der Waals surface area contributed by atoms with Crippen molar-refractivity contribution in [3.8, 4) is 0 Å². The predicted molar refractivity (Wildman–Crippen MR) is 93.2 cm³/mol. The molecule has 1 amide bonds. The number of likely N-dealkylation sites (tertiary alicyclic amines) is 2. The average Bonchev–Trinajstić information content (AvgIpc) is 2.86. The van der Waals surface area contributed by atoms with Crippen LogP contribution in [0.2, 0.25) is 0 Å². The van der Waals surface area contributed by atoms with Crippen LogP contribution in [0.3, 0.4) is 0 Å². The van der Waals surface area contributed by atoms with E-state index in [0.29, 0.717) is 18.5 Å². The highest BCUT2D eigenvalue weighted by Crippen LogP contribution is 2.38. The lowest BCUT2D eigenvalue weighted by molar-refractivity contribution is -0.123. The first kappa shape index (κ1) is 16.5. The van der Waals surface area contributed by atoms with Gasteiger partial charge in [0.05, 0.1) is 6.54 Å². The second-order valence-corrected chi connectivity index (χ2v) is 7.57. The molecule has 0 radical (unpaired) electrons. The van der Waals surface area contributed by atoms with E-state index in [0.717, 1.165) is 13.1 Å². The molecule has 1 aromatic carbocycles. The number of hydrogen-bond acceptors (Lipinski definition) is 3. The molecular formula is C19H29N3O. The zero-order valence-electron chi connectivity index (χ0n) is 14.5. The Kier molecular flexibility index (Phi) is 5.02. The molecule has 126 valence electrons. The summed E-state index contributed by atoms with van der Waals surface area (Å²) in [6.07, 6.45) is 3.82. The average molecular weight is 315 g/mol. The zero-order valence-corrected chi connectivity index (χ0v) is 14.5. The highest BCUT2D eigenvalue weighted by molar-refractivity contribution is 5.78. The van der Waals surface area contributed by atoms with Gasteiger partial charge < -0.3 is 10.2 Å². The molecule has 23 heavy (non-hydrogen) atoms. The fourth-order valence-corrected chi connectivity index (χ4v) is 4.22. The van der Waals surface area contributed by atoms with Gasteiger partial charge in [-0.25, -0.2) is 0 Å². The van der Waals surface area contributed by atoms with Crippen LogP contribution in [0.25, 0.3) is 0 Å². The Labute approximate surface area is 139 Å². The van der Waals surface area contributed by atoms with Crippen molar-refractivity contribution in [3.05, 3.63) is 35.4 Å². The summed E-state index contributed by atoms with van der Waals surface area (Å²) in [6.45, 7) is 7.77. The molecule has 2 fully saturated rings. The normalized spacial score (nSPS) is 25.8. The molecule has 2 aliphatic heterocycles. The summed E-state index contributed by atoms with van der Waals surface area (Å²) >= 11 is 0. The Hall–Kier alpha value is -1.39. The van der Waals surface area contributed by atoms with Gasteiger partial charge in [0, 0.05) is 19.6 Å². The number of nitrogens with zero attached hydrogens (tertiary/aromatic N) is 2. The Morgan fingerprint density at radius 3 is 2.87 bits per heavy atom. The Morgan fingerprint density at radius 2 is 2.13 bits per heavy atom. The van der Waals surface area contributed by atoms with Crippen LogP contribution in [0.4, 0.5) is 0 Å². The summed E-state index contributed by atoms with van der Waals surface area (Å²) in [5.41, 5.74) is 2.84. The van der Waals surface area contributed by atoms with Gasteiger partial charge >= 0.3 is 0 Å². The number of carbonyl (C=O) groups is 1. The minimum Gasteiger partial charge on any atom is -0.351 e. The van der Waals surface area contributed by atoms with Gasteiger partial charge in [-0.15, -0.1) is 0 Å². The Bertz CT molecular complexity index is 555. The molecule has 2 aliphatic rings. The molecule has 2 heterocycles. The van der Waals surface area contributed by atoms with Crippen molar-refractivity contribution in [2.75, 3.05) is 39.8 Å². The fraction of sp³-hybridized carbons (Fsp3) is 0.632. The molecule has 1 aromatic rings. The molecule has 2 saturated heterocycles. The SMILES string of the molecule is Cc1cccc(CNC(=O)CN2CCC[C@]3(CCN(C)C3)C2)c1. The highest BCUT2D eigenvalue weighted by atomic mass is 16.2. The third-order valence-electron chi connectivity index (χ3n) is 5.31. The number of piperidine rings is 1. The molecular weight excluding hydrogens is 286 g/mol. The first-order valence-corrected chi connectivity index (χ1v) is 8.78. The smallest absolute Gasteiger partial charge is 0.234 e. The molecule has 1 N–H and O–H groups in total. The standard InChI is InChI=1S/C19H29N3O/c1-16-5-3-6-17(11-16)12-20-18(23)13-22-9-4-7-19(15-22)8-10-21(2)14-19/h3,5-6,11H,4,7-10,12-15H2,1-2H3,(H,20,23)/t19-/m1/s1. The van der Waals surface area contributed by atoms with E-state index < -0.39 is 0 Å². The van der Waals surface area contributed by atoms with Crippen molar-refractivity contribution < 1.29 is 4.79 Å². The summed E-state index contributed by atoms with van der Waals surface area (Å²) in [7, 11) is 2.21. The van der Waals surface area contributed by atoms with Crippen molar-refractivity contribution in [1.29, 1.82) is 0 Å². The van der Waals surface area contributed by atoms with Crippen LogP contribution in [0, 0.1) is 12.3 Å². The first-order chi connectivity index (χ1) is 11.0.